The molecule has 128 valence electrons. The fraction of sp³-hybridized carbons (Fsp3) is 0.250. The van der Waals surface area contributed by atoms with Crippen LogP contribution in [0.2, 0.25) is 0 Å². The Hall–Kier alpha value is -2.82. The number of amides is 1. The number of para-hydroxylation sites is 1. The average Bonchev–Trinajstić information content (AvgIpc) is 2.99. The molecular weight excluding hydrogens is 317 g/mol. The van der Waals surface area contributed by atoms with Gasteiger partial charge in [-0.05, 0) is 30.3 Å². The maximum absolute atomic E-state index is 13.1. The molecule has 0 aliphatic carbocycles. The number of rotatable bonds is 2. The van der Waals surface area contributed by atoms with Gasteiger partial charge in [-0.1, -0.05) is 18.2 Å². The van der Waals surface area contributed by atoms with Crippen molar-refractivity contribution in [3.8, 4) is 0 Å². The zero-order chi connectivity index (χ0) is 17.4. The quantitative estimate of drug-likeness (QED) is 0.718. The van der Waals surface area contributed by atoms with Crippen LogP contribution in [-0.2, 0) is 7.05 Å². The summed E-state index contributed by atoms with van der Waals surface area (Å²) < 4.78 is 15.1. The van der Waals surface area contributed by atoms with Crippen LogP contribution in [0, 0.1) is 5.82 Å². The smallest absolute Gasteiger partial charge is 0.256 e. The lowest BCUT2D eigenvalue weighted by Gasteiger charge is -2.36. The van der Waals surface area contributed by atoms with Gasteiger partial charge in [0.25, 0.3) is 5.91 Å². The molecule has 1 aliphatic rings. The molecule has 2 aromatic carbocycles. The average molecular weight is 337 g/mol. The fourth-order valence-electron chi connectivity index (χ4n) is 3.50. The number of anilines is 1. The minimum atomic E-state index is -0.228. The van der Waals surface area contributed by atoms with E-state index < -0.39 is 0 Å². The first-order valence-corrected chi connectivity index (χ1v) is 8.47. The molecule has 0 saturated carbocycles. The van der Waals surface area contributed by atoms with E-state index in [1.807, 2.05) is 47.0 Å². The molecule has 3 aromatic rings. The number of halogens is 1. The molecule has 0 radical (unpaired) electrons. The molecule has 0 atom stereocenters. The van der Waals surface area contributed by atoms with Crippen LogP contribution in [0.1, 0.15) is 10.4 Å². The molecule has 1 amide bonds. The fourth-order valence-corrected chi connectivity index (χ4v) is 3.50. The van der Waals surface area contributed by atoms with Crippen molar-refractivity contribution in [3.05, 3.63) is 66.1 Å². The van der Waals surface area contributed by atoms with E-state index in [0.717, 1.165) is 35.2 Å². The number of fused-ring (bicyclic) bond motifs is 1. The van der Waals surface area contributed by atoms with Crippen molar-refractivity contribution in [1.29, 1.82) is 0 Å². The molecule has 1 aliphatic heterocycles. The zero-order valence-corrected chi connectivity index (χ0v) is 14.2. The van der Waals surface area contributed by atoms with Crippen molar-refractivity contribution in [2.45, 2.75) is 0 Å². The molecular formula is C20H20FN3O. The molecule has 2 heterocycles. The second-order valence-electron chi connectivity index (χ2n) is 6.43. The minimum absolute atomic E-state index is 0.0792. The Bertz CT molecular complexity index is 908. The zero-order valence-electron chi connectivity index (χ0n) is 14.2. The van der Waals surface area contributed by atoms with E-state index in [9.17, 15) is 9.18 Å². The molecule has 4 rings (SSSR count). The summed E-state index contributed by atoms with van der Waals surface area (Å²) >= 11 is 0. The maximum atomic E-state index is 13.1. The third-order valence-electron chi connectivity index (χ3n) is 4.89. The van der Waals surface area contributed by atoms with Crippen LogP contribution >= 0.6 is 0 Å². The first kappa shape index (κ1) is 15.7. The molecule has 1 fully saturated rings. The van der Waals surface area contributed by atoms with Crippen molar-refractivity contribution in [3.63, 3.8) is 0 Å². The van der Waals surface area contributed by atoms with Gasteiger partial charge in [-0.3, -0.25) is 4.79 Å². The lowest BCUT2D eigenvalue weighted by atomic mass is 10.1. The van der Waals surface area contributed by atoms with Gasteiger partial charge in [-0.2, -0.15) is 0 Å². The first-order valence-electron chi connectivity index (χ1n) is 8.47. The maximum Gasteiger partial charge on any atom is 0.256 e. The van der Waals surface area contributed by atoms with Crippen LogP contribution < -0.4 is 4.90 Å². The van der Waals surface area contributed by atoms with Gasteiger partial charge >= 0.3 is 0 Å². The predicted octanol–water partition coefficient (Wildman–Crippen LogP) is 3.28. The number of aromatic nitrogens is 1. The van der Waals surface area contributed by atoms with Gasteiger partial charge in [0.05, 0.1) is 5.56 Å². The monoisotopic (exact) mass is 337 g/mol. The normalized spacial score (nSPS) is 15.0. The second-order valence-corrected chi connectivity index (χ2v) is 6.43. The van der Waals surface area contributed by atoms with E-state index in [1.54, 1.807) is 12.1 Å². The number of benzene rings is 2. The third kappa shape index (κ3) is 2.86. The summed E-state index contributed by atoms with van der Waals surface area (Å²) in [7, 11) is 1.96. The Labute approximate surface area is 146 Å². The topological polar surface area (TPSA) is 28.5 Å². The van der Waals surface area contributed by atoms with Crippen LogP contribution in [0.3, 0.4) is 0 Å². The molecule has 25 heavy (non-hydrogen) atoms. The molecule has 4 nitrogen and oxygen atoms in total. The Morgan fingerprint density at radius 1 is 0.960 bits per heavy atom. The van der Waals surface area contributed by atoms with Crippen molar-refractivity contribution in [1.82, 2.24) is 9.47 Å². The van der Waals surface area contributed by atoms with Crippen molar-refractivity contribution in [2.24, 2.45) is 7.05 Å². The van der Waals surface area contributed by atoms with E-state index in [-0.39, 0.29) is 11.7 Å². The molecule has 0 spiro atoms. The van der Waals surface area contributed by atoms with E-state index in [4.69, 9.17) is 0 Å². The van der Waals surface area contributed by atoms with Crippen molar-refractivity contribution < 1.29 is 9.18 Å². The standard InChI is InChI=1S/C20H20FN3O/c1-22-14-18(17-4-2-3-5-19(17)22)20(25)24-12-10-23(11-13-24)16-8-6-15(21)7-9-16/h2-9,14H,10-13H2,1H3. The van der Waals surface area contributed by atoms with Crippen LogP contribution in [0.5, 0.6) is 0 Å². The highest BCUT2D eigenvalue weighted by Crippen LogP contribution is 2.23. The highest BCUT2D eigenvalue weighted by atomic mass is 19.1. The highest BCUT2D eigenvalue weighted by Gasteiger charge is 2.24. The molecule has 0 N–H and O–H groups in total. The number of carbonyl (C=O) groups excluding carboxylic acids is 1. The third-order valence-corrected chi connectivity index (χ3v) is 4.89. The molecule has 1 aromatic heterocycles. The summed E-state index contributed by atoms with van der Waals surface area (Å²) in [5.74, 6) is -0.149. The number of piperazine rings is 1. The lowest BCUT2D eigenvalue weighted by Crippen LogP contribution is -2.48. The van der Waals surface area contributed by atoms with Gasteiger partial charge < -0.3 is 14.4 Å². The minimum Gasteiger partial charge on any atom is -0.368 e. The van der Waals surface area contributed by atoms with Gasteiger partial charge in [0.1, 0.15) is 5.82 Å². The van der Waals surface area contributed by atoms with Crippen LogP contribution in [-0.4, -0.2) is 41.6 Å². The lowest BCUT2D eigenvalue weighted by molar-refractivity contribution is 0.0748. The van der Waals surface area contributed by atoms with E-state index in [1.165, 1.54) is 12.1 Å². The summed E-state index contributed by atoms with van der Waals surface area (Å²) in [6, 6.07) is 14.5. The number of nitrogens with zero attached hydrogens (tertiary/aromatic N) is 3. The summed E-state index contributed by atoms with van der Waals surface area (Å²) in [6.45, 7) is 2.84. The summed E-state index contributed by atoms with van der Waals surface area (Å²) in [5.41, 5.74) is 2.82. The number of aryl methyl sites for hydroxylation is 1. The Balaban J connectivity index is 1.50. The van der Waals surface area contributed by atoms with Gasteiger partial charge in [0.15, 0.2) is 0 Å². The molecule has 0 bridgehead atoms. The van der Waals surface area contributed by atoms with E-state index >= 15 is 0 Å². The molecule has 1 saturated heterocycles. The van der Waals surface area contributed by atoms with Crippen LogP contribution in [0.4, 0.5) is 10.1 Å². The predicted molar refractivity (Wildman–Crippen MR) is 97.4 cm³/mol. The van der Waals surface area contributed by atoms with E-state index in [2.05, 4.69) is 4.90 Å². The molecule has 0 unspecified atom stereocenters. The first-order chi connectivity index (χ1) is 12.1. The molecule has 5 heteroatoms. The van der Waals surface area contributed by atoms with Crippen molar-refractivity contribution >= 4 is 22.5 Å². The summed E-state index contributed by atoms with van der Waals surface area (Å²) in [4.78, 5) is 17.1. The SMILES string of the molecule is Cn1cc(C(=O)N2CCN(c3ccc(F)cc3)CC2)c2ccccc21. The summed E-state index contributed by atoms with van der Waals surface area (Å²) in [5, 5.41) is 0.996. The largest absolute Gasteiger partial charge is 0.368 e. The Morgan fingerprint density at radius 2 is 1.64 bits per heavy atom. The van der Waals surface area contributed by atoms with Crippen LogP contribution in [0.15, 0.2) is 54.7 Å². The van der Waals surface area contributed by atoms with Gasteiger partial charge in [-0.15, -0.1) is 0 Å². The highest BCUT2D eigenvalue weighted by molar-refractivity contribution is 6.07. The number of hydrogen-bond donors (Lipinski definition) is 0. The second kappa shape index (κ2) is 6.24. The van der Waals surface area contributed by atoms with Gasteiger partial charge in [0, 0.05) is 56.0 Å². The number of carbonyl (C=O) groups is 1. The Morgan fingerprint density at radius 3 is 2.36 bits per heavy atom. The number of hydrogen-bond acceptors (Lipinski definition) is 2. The van der Waals surface area contributed by atoms with Crippen LogP contribution in [0.25, 0.3) is 10.9 Å². The van der Waals surface area contributed by atoms with Gasteiger partial charge in [-0.25, -0.2) is 4.39 Å². The van der Waals surface area contributed by atoms with Crippen molar-refractivity contribution in [2.75, 3.05) is 31.1 Å². The summed E-state index contributed by atoms with van der Waals surface area (Å²) in [6.07, 6.45) is 1.92. The Kier molecular flexibility index (Phi) is 3.92. The van der Waals surface area contributed by atoms with E-state index in [0.29, 0.717) is 13.1 Å². The van der Waals surface area contributed by atoms with Gasteiger partial charge in [0.2, 0.25) is 0 Å².